The van der Waals surface area contributed by atoms with Crippen molar-refractivity contribution in [3.63, 3.8) is 0 Å². The van der Waals surface area contributed by atoms with Gasteiger partial charge in [-0.15, -0.1) is 0 Å². The molecule has 0 radical (unpaired) electrons. The van der Waals surface area contributed by atoms with Gasteiger partial charge >= 0.3 is 0 Å². The van der Waals surface area contributed by atoms with E-state index in [1.165, 1.54) is 24.9 Å². The van der Waals surface area contributed by atoms with Crippen molar-refractivity contribution in [3.05, 3.63) is 29.8 Å². The van der Waals surface area contributed by atoms with Crippen molar-refractivity contribution in [2.24, 2.45) is 5.73 Å². The maximum Gasteiger partial charge on any atom is 0.122 e. The molecule has 0 amide bonds. The first kappa shape index (κ1) is 11.1. The second-order valence-electron chi connectivity index (χ2n) is 5.07. The van der Waals surface area contributed by atoms with Gasteiger partial charge in [-0.25, -0.2) is 0 Å². The molecule has 0 spiro atoms. The minimum absolute atomic E-state index is 0.526. The molecule has 1 aromatic rings. The van der Waals surface area contributed by atoms with Gasteiger partial charge in [-0.05, 0) is 25.5 Å². The molecule has 3 nitrogen and oxygen atoms in total. The number of nitrogens with two attached hydrogens (primary N) is 1. The first-order valence-corrected chi connectivity index (χ1v) is 6.54. The fourth-order valence-electron chi connectivity index (χ4n) is 3.07. The van der Waals surface area contributed by atoms with E-state index in [9.17, 15) is 0 Å². The van der Waals surface area contributed by atoms with Gasteiger partial charge in [0.15, 0.2) is 0 Å². The van der Waals surface area contributed by atoms with Crippen LogP contribution in [0.25, 0.3) is 0 Å². The Balaban J connectivity index is 1.71. The minimum Gasteiger partial charge on any atom is -0.493 e. The summed E-state index contributed by atoms with van der Waals surface area (Å²) in [5.41, 5.74) is 7.19. The van der Waals surface area contributed by atoms with Crippen LogP contribution in [0.2, 0.25) is 0 Å². The van der Waals surface area contributed by atoms with Crippen molar-refractivity contribution in [2.45, 2.75) is 24.8 Å². The third kappa shape index (κ3) is 2.05. The maximum absolute atomic E-state index is 5.82. The molecule has 0 saturated carbocycles. The van der Waals surface area contributed by atoms with Crippen molar-refractivity contribution in [1.82, 2.24) is 4.90 Å². The smallest absolute Gasteiger partial charge is 0.122 e. The van der Waals surface area contributed by atoms with Crippen molar-refractivity contribution in [2.75, 3.05) is 26.2 Å². The summed E-state index contributed by atoms with van der Waals surface area (Å²) in [5, 5.41) is 0. The number of ether oxygens (including phenoxy) is 1. The predicted octanol–water partition coefficient (Wildman–Crippen LogP) is 1.59. The van der Waals surface area contributed by atoms with Gasteiger partial charge in [-0.3, -0.25) is 4.90 Å². The molecule has 2 atom stereocenters. The van der Waals surface area contributed by atoms with E-state index < -0.39 is 0 Å². The Hall–Kier alpha value is -1.06. The van der Waals surface area contributed by atoms with E-state index in [4.69, 9.17) is 10.5 Å². The van der Waals surface area contributed by atoms with Gasteiger partial charge in [-0.1, -0.05) is 18.2 Å². The van der Waals surface area contributed by atoms with Gasteiger partial charge in [0.2, 0.25) is 0 Å². The highest BCUT2D eigenvalue weighted by molar-refractivity contribution is 5.39. The Kier molecular flexibility index (Phi) is 3.04. The molecule has 92 valence electrons. The van der Waals surface area contributed by atoms with Gasteiger partial charge in [0.05, 0.1) is 6.61 Å². The van der Waals surface area contributed by atoms with Crippen LogP contribution in [0.4, 0.5) is 0 Å². The summed E-state index contributed by atoms with van der Waals surface area (Å²) in [5.74, 6) is 1.60. The fraction of sp³-hybridized carbons (Fsp3) is 0.571. The second-order valence-corrected chi connectivity index (χ2v) is 5.07. The molecule has 1 saturated heterocycles. The molecule has 0 aromatic heterocycles. The second kappa shape index (κ2) is 4.67. The largest absolute Gasteiger partial charge is 0.493 e. The molecule has 0 bridgehead atoms. The van der Waals surface area contributed by atoms with Crippen LogP contribution >= 0.6 is 0 Å². The number of likely N-dealkylation sites (tertiary alicyclic amines) is 1. The van der Waals surface area contributed by atoms with Gasteiger partial charge in [0.1, 0.15) is 5.75 Å². The SMILES string of the molecule is NCC1CCCN1CC1COc2ccccc21. The van der Waals surface area contributed by atoms with E-state index in [1.807, 2.05) is 6.07 Å². The lowest BCUT2D eigenvalue weighted by Gasteiger charge is -2.25. The molecule has 1 aromatic carbocycles. The topological polar surface area (TPSA) is 38.5 Å². The highest BCUT2D eigenvalue weighted by atomic mass is 16.5. The monoisotopic (exact) mass is 232 g/mol. The number of benzene rings is 1. The molecule has 3 heteroatoms. The van der Waals surface area contributed by atoms with Gasteiger partial charge < -0.3 is 10.5 Å². The van der Waals surface area contributed by atoms with Crippen molar-refractivity contribution in [1.29, 1.82) is 0 Å². The van der Waals surface area contributed by atoms with Crippen molar-refractivity contribution >= 4 is 0 Å². The van der Waals surface area contributed by atoms with Crippen LogP contribution < -0.4 is 10.5 Å². The first-order chi connectivity index (χ1) is 8.38. The summed E-state index contributed by atoms with van der Waals surface area (Å²) < 4.78 is 5.73. The third-order valence-corrected chi connectivity index (χ3v) is 4.02. The lowest BCUT2D eigenvalue weighted by molar-refractivity contribution is 0.222. The number of hydrogen-bond acceptors (Lipinski definition) is 3. The summed E-state index contributed by atoms with van der Waals surface area (Å²) in [6.45, 7) is 3.90. The molecule has 1 fully saturated rings. The molecule has 2 heterocycles. The molecular weight excluding hydrogens is 212 g/mol. The molecular formula is C14H20N2O. The van der Waals surface area contributed by atoms with Crippen molar-refractivity contribution < 1.29 is 4.74 Å². The third-order valence-electron chi connectivity index (χ3n) is 4.02. The van der Waals surface area contributed by atoms with Gasteiger partial charge in [-0.2, -0.15) is 0 Å². The minimum atomic E-state index is 0.526. The summed E-state index contributed by atoms with van der Waals surface area (Å²) >= 11 is 0. The molecule has 0 aliphatic carbocycles. The van der Waals surface area contributed by atoms with E-state index >= 15 is 0 Å². The van der Waals surface area contributed by atoms with Crippen LogP contribution in [0.15, 0.2) is 24.3 Å². The quantitative estimate of drug-likeness (QED) is 0.860. The van der Waals surface area contributed by atoms with Gasteiger partial charge in [0.25, 0.3) is 0 Å². The van der Waals surface area contributed by atoms with Crippen LogP contribution in [-0.2, 0) is 0 Å². The number of para-hydroxylation sites is 1. The Morgan fingerprint density at radius 1 is 1.35 bits per heavy atom. The standard InChI is InChI=1S/C14H20N2O/c15-8-12-4-3-7-16(12)9-11-10-17-14-6-2-1-5-13(11)14/h1-2,5-6,11-12H,3-4,7-10,15H2. The first-order valence-electron chi connectivity index (χ1n) is 6.54. The van der Waals surface area contributed by atoms with Crippen molar-refractivity contribution in [3.8, 4) is 5.75 Å². The molecule has 17 heavy (non-hydrogen) atoms. The van der Waals surface area contributed by atoms with E-state index in [0.29, 0.717) is 12.0 Å². The van der Waals surface area contributed by atoms with Crippen LogP contribution in [0.1, 0.15) is 24.3 Å². The average molecular weight is 232 g/mol. The summed E-state index contributed by atoms with van der Waals surface area (Å²) in [4.78, 5) is 2.54. The molecule has 2 unspecified atom stereocenters. The normalized spacial score (nSPS) is 28.1. The summed E-state index contributed by atoms with van der Waals surface area (Å²) in [6.07, 6.45) is 2.54. The van der Waals surface area contributed by atoms with Gasteiger partial charge in [0, 0.05) is 30.6 Å². The van der Waals surface area contributed by atoms with E-state index in [1.54, 1.807) is 0 Å². The lowest BCUT2D eigenvalue weighted by Crippen LogP contribution is -2.38. The highest BCUT2D eigenvalue weighted by Gasteiger charge is 2.30. The van der Waals surface area contributed by atoms with Crippen LogP contribution in [-0.4, -0.2) is 37.2 Å². The Morgan fingerprint density at radius 2 is 2.24 bits per heavy atom. The summed E-state index contributed by atoms with van der Waals surface area (Å²) in [6, 6.07) is 8.99. The van der Waals surface area contributed by atoms with Crippen LogP contribution in [0.5, 0.6) is 5.75 Å². The van der Waals surface area contributed by atoms with Crippen LogP contribution in [0, 0.1) is 0 Å². The number of fused-ring (bicyclic) bond motifs is 1. The van der Waals surface area contributed by atoms with E-state index in [-0.39, 0.29) is 0 Å². The highest BCUT2D eigenvalue weighted by Crippen LogP contribution is 2.35. The molecule has 2 N–H and O–H groups in total. The molecule has 2 aliphatic rings. The Bertz CT molecular complexity index is 394. The Morgan fingerprint density at radius 3 is 3.12 bits per heavy atom. The molecule has 3 rings (SSSR count). The zero-order valence-electron chi connectivity index (χ0n) is 10.1. The number of hydrogen-bond donors (Lipinski definition) is 1. The number of rotatable bonds is 3. The maximum atomic E-state index is 5.82. The zero-order valence-corrected chi connectivity index (χ0v) is 10.1. The Labute approximate surface area is 103 Å². The number of nitrogens with zero attached hydrogens (tertiary/aromatic N) is 1. The molecule has 2 aliphatic heterocycles. The zero-order chi connectivity index (χ0) is 11.7. The van der Waals surface area contributed by atoms with E-state index in [2.05, 4.69) is 23.1 Å². The fourth-order valence-corrected chi connectivity index (χ4v) is 3.07. The predicted molar refractivity (Wildman–Crippen MR) is 68.3 cm³/mol. The lowest BCUT2D eigenvalue weighted by atomic mass is 10.0. The van der Waals surface area contributed by atoms with E-state index in [0.717, 1.165) is 25.4 Å². The van der Waals surface area contributed by atoms with Crippen LogP contribution in [0.3, 0.4) is 0 Å². The summed E-state index contributed by atoms with van der Waals surface area (Å²) in [7, 11) is 0. The average Bonchev–Trinajstić information content (AvgIpc) is 2.97.